The third kappa shape index (κ3) is 6.35. The van der Waals surface area contributed by atoms with Crippen molar-refractivity contribution >= 4 is 62.6 Å². The van der Waals surface area contributed by atoms with Gasteiger partial charge in [-0.3, -0.25) is 14.5 Å². The summed E-state index contributed by atoms with van der Waals surface area (Å²) in [6.45, 7) is 2.97. The predicted octanol–water partition coefficient (Wildman–Crippen LogP) is 5.71. The first-order valence-electron chi connectivity index (χ1n) is 14.8. The molecule has 236 valence electrons. The summed E-state index contributed by atoms with van der Waals surface area (Å²) < 4.78 is 10.5. The molecule has 46 heavy (non-hydrogen) atoms. The van der Waals surface area contributed by atoms with Gasteiger partial charge in [-0.2, -0.15) is 0 Å². The monoisotopic (exact) mass is 640 g/mol. The van der Waals surface area contributed by atoms with Crippen LogP contribution in [0, 0.1) is 6.92 Å². The molecule has 4 heterocycles. The van der Waals surface area contributed by atoms with Gasteiger partial charge in [0, 0.05) is 37.9 Å². The number of benzene rings is 2. The maximum atomic E-state index is 13.6. The highest BCUT2D eigenvalue weighted by Crippen LogP contribution is 2.46. The fraction of sp³-hybridized carbons (Fsp3) is 0.242. The first-order chi connectivity index (χ1) is 22.3. The maximum Gasteiger partial charge on any atom is 0.407 e. The molecule has 4 aromatic rings. The highest BCUT2D eigenvalue weighted by molar-refractivity contribution is 7.21. The molecule has 2 aromatic carbocycles. The summed E-state index contributed by atoms with van der Waals surface area (Å²) in [6.07, 6.45) is 5.42. The minimum Gasteiger partial charge on any atom is -0.457 e. The Balaban J connectivity index is 1.18. The molecular formula is C33H32N6O6S. The highest BCUT2D eigenvalue weighted by atomic mass is 32.1. The number of para-hydroxylation sites is 1. The second-order valence-electron chi connectivity index (χ2n) is 10.8. The molecule has 1 fully saturated rings. The van der Waals surface area contributed by atoms with E-state index in [-0.39, 0.29) is 24.4 Å². The van der Waals surface area contributed by atoms with Gasteiger partial charge in [0.05, 0.1) is 29.6 Å². The van der Waals surface area contributed by atoms with E-state index < -0.39 is 12.1 Å². The Morgan fingerprint density at radius 1 is 1.11 bits per heavy atom. The van der Waals surface area contributed by atoms with E-state index in [4.69, 9.17) is 4.74 Å². The number of rotatable bonds is 8. The molecule has 13 heteroatoms. The Labute approximate surface area is 269 Å². The fourth-order valence-corrected chi connectivity index (χ4v) is 6.60. The Hall–Kier alpha value is -5.43. The molecule has 0 radical (unpaired) electrons. The van der Waals surface area contributed by atoms with Gasteiger partial charge in [0.2, 0.25) is 5.91 Å². The standard InChI is InChI=1S/C33H32N6O6S/c1-20-18-23(45-22-9-4-3-5-10-22)12-13-24(20)39-25-14-16-34-31-27(25)28(37-32(39)42)29(46-31)30(41)36-21-8-7-17-38(19-21)26(40)11-6-15-35-33(43)44-2/h3-6,9-14,16,18,21H,7-8,15,17,19H2,1-2H3,(H,35,43)(H,36,41)(H,37,42). The number of alkyl carbamates (subject to hydrolysis) is 1. The maximum absolute atomic E-state index is 13.6. The van der Waals surface area contributed by atoms with Crippen molar-refractivity contribution < 1.29 is 28.7 Å². The molecule has 2 aromatic heterocycles. The number of urea groups is 1. The van der Waals surface area contributed by atoms with E-state index in [9.17, 15) is 19.2 Å². The Bertz CT molecular complexity index is 1840. The second-order valence-corrected chi connectivity index (χ2v) is 11.8. The molecule has 1 unspecified atom stereocenters. The van der Waals surface area contributed by atoms with Crippen LogP contribution in [-0.2, 0) is 9.53 Å². The molecular weight excluding hydrogens is 608 g/mol. The predicted molar refractivity (Wildman–Crippen MR) is 175 cm³/mol. The number of nitrogens with one attached hydrogen (secondary N) is 3. The number of ether oxygens (including phenoxy) is 2. The number of aryl methyl sites for hydroxylation is 1. The number of carbonyl (C=O) groups excluding carboxylic acids is 4. The number of nitrogens with zero attached hydrogens (tertiary/aromatic N) is 3. The van der Waals surface area contributed by atoms with Crippen molar-refractivity contribution in [3.8, 4) is 11.5 Å². The van der Waals surface area contributed by atoms with Crippen LogP contribution in [0.3, 0.4) is 0 Å². The van der Waals surface area contributed by atoms with Gasteiger partial charge in [0.1, 0.15) is 21.2 Å². The normalized spacial score (nSPS) is 15.9. The van der Waals surface area contributed by atoms with Gasteiger partial charge in [0.25, 0.3) is 5.91 Å². The van der Waals surface area contributed by atoms with Crippen LogP contribution >= 0.6 is 11.3 Å². The molecule has 3 N–H and O–H groups in total. The highest BCUT2D eigenvalue weighted by Gasteiger charge is 2.34. The van der Waals surface area contributed by atoms with Crippen LogP contribution in [0.4, 0.5) is 26.7 Å². The zero-order valence-corrected chi connectivity index (χ0v) is 26.1. The van der Waals surface area contributed by atoms with E-state index in [1.54, 1.807) is 28.1 Å². The number of carbonyl (C=O) groups is 4. The SMILES string of the molecule is COC(=O)NCC=CC(=O)N1CCCC(NC(=O)c2sc3nccc4c3c2NC(=O)N4c2ccc(Oc3ccccc3)cc2C)C1. The largest absolute Gasteiger partial charge is 0.457 e. The molecule has 5 amide bonds. The number of hydrogen-bond donors (Lipinski definition) is 3. The number of anilines is 3. The zero-order chi connectivity index (χ0) is 32.2. The van der Waals surface area contributed by atoms with Crippen molar-refractivity contribution in [2.75, 3.05) is 37.0 Å². The molecule has 1 saturated heterocycles. The summed E-state index contributed by atoms with van der Waals surface area (Å²) in [5.74, 6) is 0.811. The van der Waals surface area contributed by atoms with Gasteiger partial charge in [0.15, 0.2) is 0 Å². The smallest absolute Gasteiger partial charge is 0.407 e. The van der Waals surface area contributed by atoms with Gasteiger partial charge in [-0.15, -0.1) is 11.3 Å². The average Bonchev–Trinajstić information content (AvgIpc) is 3.43. The van der Waals surface area contributed by atoms with Crippen molar-refractivity contribution in [1.29, 1.82) is 0 Å². The molecule has 0 aliphatic carbocycles. The first kappa shape index (κ1) is 30.6. The van der Waals surface area contributed by atoms with E-state index in [0.717, 1.165) is 12.0 Å². The van der Waals surface area contributed by atoms with Crippen LogP contribution in [0.5, 0.6) is 11.5 Å². The van der Waals surface area contributed by atoms with Crippen LogP contribution in [0.15, 0.2) is 72.9 Å². The third-order valence-corrected chi connectivity index (χ3v) is 8.82. The Morgan fingerprint density at radius 3 is 2.72 bits per heavy atom. The van der Waals surface area contributed by atoms with E-state index in [1.165, 1.54) is 24.5 Å². The molecule has 2 aliphatic heterocycles. The van der Waals surface area contributed by atoms with Gasteiger partial charge in [-0.25, -0.2) is 14.6 Å². The number of methoxy groups -OCH3 is 1. The number of piperidine rings is 1. The molecule has 12 nitrogen and oxygen atoms in total. The lowest BCUT2D eigenvalue weighted by Crippen LogP contribution is -2.49. The Morgan fingerprint density at radius 2 is 1.93 bits per heavy atom. The van der Waals surface area contributed by atoms with Gasteiger partial charge < -0.3 is 30.3 Å². The molecule has 6 rings (SSSR count). The lowest BCUT2D eigenvalue weighted by atomic mass is 10.0. The average molecular weight is 641 g/mol. The van der Waals surface area contributed by atoms with Crippen LogP contribution < -0.4 is 25.6 Å². The van der Waals surface area contributed by atoms with E-state index in [2.05, 4.69) is 25.7 Å². The van der Waals surface area contributed by atoms with Crippen molar-refractivity contribution in [3.05, 3.63) is 83.4 Å². The lowest BCUT2D eigenvalue weighted by molar-refractivity contribution is -0.127. The summed E-state index contributed by atoms with van der Waals surface area (Å²) in [5.41, 5.74) is 2.56. The van der Waals surface area contributed by atoms with Gasteiger partial charge in [-0.1, -0.05) is 24.3 Å². The minimum atomic E-state index is -0.581. The fourth-order valence-electron chi connectivity index (χ4n) is 5.58. The quantitative estimate of drug-likeness (QED) is 0.209. The number of thiophene rings is 1. The van der Waals surface area contributed by atoms with E-state index >= 15 is 0 Å². The van der Waals surface area contributed by atoms with Crippen molar-refractivity contribution in [2.45, 2.75) is 25.8 Å². The van der Waals surface area contributed by atoms with Gasteiger partial charge in [-0.05, 0) is 61.7 Å². The summed E-state index contributed by atoms with van der Waals surface area (Å²) in [6, 6.07) is 16.1. The second kappa shape index (κ2) is 13.3. The van der Waals surface area contributed by atoms with Crippen LogP contribution in [0.25, 0.3) is 10.2 Å². The first-order valence-corrected chi connectivity index (χ1v) is 15.6. The summed E-state index contributed by atoms with van der Waals surface area (Å²) in [4.78, 5) is 59.8. The zero-order valence-electron chi connectivity index (χ0n) is 25.2. The van der Waals surface area contributed by atoms with Gasteiger partial charge >= 0.3 is 12.1 Å². The van der Waals surface area contributed by atoms with Crippen molar-refractivity contribution in [3.63, 3.8) is 0 Å². The summed E-state index contributed by atoms with van der Waals surface area (Å²) in [7, 11) is 1.27. The van der Waals surface area contributed by atoms with Crippen LogP contribution in [-0.4, -0.2) is 66.6 Å². The molecule has 0 saturated carbocycles. The van der Waals surface area contributed by atoms with E-state index in [1.807, 2.05) is 55.5 Å². The minimum absolute atomic E-state index is 0.161. The summed E-state index contributed by atoms with van der Waals surface area (Å²) >= 11 is 1.21. The number of amides is 5. The van der Waals surface area contributed by atoms with Crippen molar-refractivity contribution in [2.24, 2.45) is 0 Å². The topological polar surface area (TPSA) is 142 Å². The van der Waals surface area contributed by atoms with E-state index in [0.29, 0.717) is 63.2 Å². The van der Waals surface area contributed by atoms with Crippen LogP contribution in [0.2, 0.25) is 0 Å². The Kier molecular flexibility index (Phi) is 8.83. The van der Waals surface area contributed by atoms with Crippen LogP contribution in [0.1, 0.15) is 28.1 Å². The molecule has 2 aliphatic rings. The molecule has 0 bridgehead atoms. The van der Waals surface area contributed by atoms with Crippen molar-refractivity contribution in [1.82, 2.24) is 20.5 Å². The third-order valence-electron chi connectivity index (χ3n) is 7.72. The molecule has 0 spiro atoms. The number of hydrogen-bond acceptors (Lipinski definition) is 8. The number of pyridine rings is 1. The lowest BCUT2D eigenvalue weighted by Gasteiger charge is -2.32. The molecule has 1 atom stereocenters. The number of aromatic nitrogens is 1. The number of likely N-dealkylation sites (tertiary alicyclic amines) is 1. The summed E-state index contributed by atoms with van der Waals surface area (Å²) in [5, 5.41) is 9.17.